The van der Waals surface area contributed by atoms with Crippen molar-refractivity contribution in [2.75, 3.05) is 0 Å². The Morgan fingerprint density at radius 3 is 2.29 bits per heavy atom. The summed E-state index contributed by atoms with van der Waals surface area (Å²) in [6.45, 7) is 0. The second-order valence-corrected chi connectivity index (χ2v) is 5.99. The topological polar surface area (TPSA) is 20.2 Å². The normalized spacial score (nSPS) is 12.4. The molecule has 88 valence electrons. The second kappa shape index (κ2) is 5.97. The van der Waals surface area contributed by atoms with Crippen LogP contribution in [0.15, 0.2) is 54.6 Å². The summed E-state index contributed by atoms with van der Waals surface area (Å²) in [5.41, 5.74) is 0.782. The van der Waals surface area contributed by atoms with Gasteiger partial charge in [0.15, 0.2) is 0 Å². The standard InChI is InChI=1S/C14H13FOSe/c15-12-8-6-11(7-9-12)14(16)10-17-13-4-2-1-3-5-13/h1-9,14,16H,10H2. The van der Waals surface area contributed by atoms with Crippen molar-refractivity contribution in [3.63, 3.8) is 0 Å². The quantitative estimate of drug-likeness (QED) is 0.858. The molecule has 1 N–H and O–H groups in total. The molecule has 2 aromatic carbocycles. The predicted octanol–water partition coefficient (Wildman–Crippen LogP) is 2.31. The Hall–Kier alpha value is -1.15. The molecule has 1 unspecified atom stereocenters. The number of aliphatic hydroxyl groups is 1. The molecular formula is C14H13FOSe. The summed E-state index contributed by atoms with van der Waals surface area (Å²) in [4.78, 5) is 0. The SMILES string of the molecule is OC(C[Se]c1ccccc1)c1ccc(F)cc1. The van der Waals surface area contributed by atoms with Crippen molar-refractivity contribution in [1.82, 2.24) is 0 Å². The minimum absolute atomic E-state index is 0.245. The fraction of sp³-hybridized carbons (Fsp3) is 0.143. The van der Waals surface area contributed by atoms with Crippen LogP contribution in [0.4, 0.5) is 4.39 Å². The number of benzene rings is 2. The fourth-order valence-electron chi connectivity index (χ4n) is 1.47. The number of aliphatic hydroxyl groups excluding tert-OH is 1. The van der Waals surface area contributed by atoms with E-state index in [4.69, 9.17) is 0 Å². The van der Waals surface area contributed by atoms with Crippen LogP contribution < -0.4 is 4.46 Å². The summed E-state index contributed by atoms with van der Waals surface area (Å²) < 4.78 is 14.0. The monoisotopic (exact) mass is 296 g/mol. The fourth-order valence-corrected chi connectivity index (χ4v) is 3.35. The van der Waals surface area contributed by atoms with E-state index in [1.165, 1.54) is 16.6 Å². The van der Waals surface area contributed by atoms with Crippen LogP contribution in [-0.2, 0) is 0 Å². The third-order valence-electron chi connectivity index (χ3n) is 2.41. The summed E-state index contributed by atoms with van der Waals surface area (Å²) in [5, 5.41) is 10.7. The molecule has 1 nitrogen and oxygen atoms in total. The van der Waals surface area contributed by atoms with Gasteiger partial charge in [0.05, 0.1) is 0 Å². The van der Waals surface area contributed by atoms with Crippen LogP contribution >= 0.6 is 0 Å². The summed E-state index contributed by atoms with van der Waals surface area (Å²) in [5.74, 6) is -0.269. The zero-order valence-electron chi connectivity index (χ0n) is 9.21. The summed E-state index contributed by atoms with van der Waals surface area (Å²) in [6, 6.07) is 16.2. The van der Waals surface area contributed by atoms with Crippen molar-refractivity contribution >= 4 is 19.4 Å². The molecule has 3 heteroatoms. The predicted molar refractivity (Wildman–Crippen MR) is 68.0 cm³/mol. The molecule has 0 bridgehead atoms. The average Bonchev–Trinajstić information content (AvgIpc) is 2.38. The molecule has 0 fully saturated rings. The van der Waals surface area contributed by atoms with E-state index in [1.54, 1.807) is 12.1 Å². The van der Waals surface area contributed by atoms with Gasteiger partial charge in [-0.05, 0) is 0 Å². The zero-order chi connectivity index (χ0) is 12.1. The van der Waals surface area contributed by atoms with Crippen molar-refractivity contribution in [3.8, 4) is 0 Å². The van der Waals surface area contributed by atoms with Crippen LogP contribution in [0, 0.1) is 5.82 Å². The van der Waals surface area contributed by atoms with Crippen molar-refractivity contribution in [2.24, 2.45) is 0 Å². The van der Waals surface area contributed by atoms with Crippen LogP contribution in [0.25, 0.3) is 0 Å². The Balaban J connectivity index is 1.93. The van der Waals surface area contributed by atoms with Crippen molar-refractivity contribution in [2.45, 2.75) is 11.4 Å². The van der Waals surface area contributed by atoms with Crippen LogP contribution in [0.2, 0.25) is 5.32 Å². The molecule has 0 heterocycles. The molecule has 1 atom stereocenters. The number of hydrogen-bond donors (Lipinski definition) is 1. The molecule has 0 aliphatic carbocycles. The molecule has 2 rings (SSSR count). The van der Waals surface area contributed by atoms with Crippen LogP contribution in [-0.4, -0.2) is 20.1 Å². The maximum atomic E-state index is 12.7. The molecule has 0 spiro atoms. The first kappa shape index (κ1) is 12.3. The van der Waals surface area contributed by atoms with E-state index in [0.29, 0.717) is 5.32 Å². The van der Waals surface area contributed by atoms with E-state index < -0.39 is 6.10 Å². The third-order valence-corrected chi connectivity index (χ3v) is 4.69. The van der Waals surface area contributed by atoms with Crippen molar-refractivity contribution < 1.29 is 9.50 Å². The van der Waals surface area contributed by atoms with Gasteiger partial charge in [-0.25, -0.2) is 0 Å². The molecule has 17 heavy (non-hydrogen) atoms. The minimum atomic E-state index is -0.504. The molecule has 0 aliphatic heterocycles. The van der Waals surface area contributed by atoms with Crippen LogP contribution in [0.5, 0.6) is 0 Å². The summed E-state index contributed by atoms with van der Waals surface area (Å²) in [7, 11) is 0. The van der Waals surface area contributed by atoms with Gasteiger partial charge >= 0.3 is 106 Å². The van der Waals surface area contributed by atoms with Gasteiger partial charge in [0.25, 0.3) is 0 Å². The Bertz CT molecular complexity index is 455. The third kappa shape index (κ3) is 3.67. The van der Waals surface area contributed by atoms with Gasteiger partial charge in [0, 0.05) is 0 Å². The van der Waals surface area contributed by atoms with Crippen molar-refractivity contribution in [1.29, 1.82) is 0 Å². The van der Waals surface area contributed by atoms with Crippen LogP contribution in [0.3, 0.4) is 0 Å². The molecule has 2 aromatic rings. The van der Waals surface area contributed by atoms with Gasteiger partial charge in [0.1, 0.15) is 0 Å². The first-order valence-corrected chi connectivity index (χ1v) is 7.44. The van der Waals surface area contributed by atoms with E-state index in [-0.39, 0.29) is 20.8 Å². The Labute approximate surface area is 106 Å². The molecular weight excluding hydrogens is 282 g/mol. The second-order valence-electron chi connectivity index (χ2n) is 3.69. The van der Waals surface area contributed by atoms with Gasteiger partial charge in [-0.2, -0.15) is 0 Å². The molecule has 0 radical (unpaired) electrons. The molecule has 0 aromatic heterocycles. The van der Waals surface area contributed by atoms with Gasteiger partial charge < -0.3 is 0 Å². The molecule has 0 aliphatic rings. The van der Waals surface area contributed by atoms with E-state index in [9.17, 15) is 9.50 Å². The van der Waals surface area contributed by atoms with Gasteiger partial charge in [0.2, 0.25) is 0 Å². The van der Waals surface area contributed by atoms with Crippen molar-refractivity contribution in [3.05, 3.63) is 66.0 Å². The first-order chi connectivity index (χ1) is 8.25. The van der Waals surface area contributed by atoms with E-state index in [0.717, 1.165) is 5.56 Å². The maximum absolute atomic E-state index is 12.7. The average molecular weight is 295 g/mol. The Morgan fingerprint density at radius 1 is 1.00 bits per heavy atom. The van der Waals surface area contributed by atoms with Gasteiger partial charge in [-0.3, -0.25) is 0 Å². The number of hydrogen-bond acceptors (Lipinski definition) is 1. The van der Waals surface area contributed by atoms with Gasteiger partial charge in [-0.1, -0.05) is 0 Å². The van der Waals surface area contributed by atoms with E-state index in [2.05, 4.69) is 12.1 Å². The first-order valence-electron chi connectivity index (χ1n) is 5.37. The molecule has 0 amide bonds. The van der Waals surface area contributed by atoms with Crippen LogP contribution in [0.1, 0.15) is 11.7 Å². The van der Waals surface area contributed by atoms with E-state index in [1.807, 2.05) is 18.2 Å². The summed E-state index contributed by atoms with van der Waals surface area (Å²) in [6.07, 6.45) is -0.504. The Morgan fingerprint density at radius 2 is 1.65 bits per heavy atom. The number of halogens is 1. The molecule has 0 saturated heterocycles. The summed E-state index contributed by atoms with van der Waals surface area (Å²) >= 11 is 0.245. The zero-order valence-corrected chi connectivity index (χ0v) is 10.9. The number of rotatable bonds is 4. The van der Waals surface area contributed by atoms with E-state index >= 15 is 0 Å². The molecule has 0 saturated carbocycles. The Kier molecular flexibility index (Phi) is 4.32. The van der Waals surface area contributed by atoms with Gasteiger partial charge in [-0.15, -0.1) is 0 Å².